The maximum Gasteiger partial charge on any atom is 0.161 e. The molecule has 0 saturated heterocycles. The summed E-state index contributed by atoms with van der Waals surface area (Å²) >= 11 is 0. The molecule has 1 heterocycles. The zero-order chi connectivity index (χ0) is 10.8. The third kappa shape index (κ3) is 1.76. The lowest BCUT2D eigenvalue weighted by Crippen LogP contribution is -1.98. The summed E-state index contributed by atoms with van der Waals surface area (Å²) in [5.74, 6) is -1.31. The zero-order valence-electron chi connectivity index (χ0n) is 7.61. The standard InChI is InChI=1S/C10H7F2N3/c11-6-4-7(9(13)8(12)5-6)10-14-2-1-3-15-10/h1-5H,13H2. The maximum atomic E-state index is 13.1. The molecule has 15 heavy (non-hydrogen) atoms. The third-order valence-electron chi connectivity index (χ3n) is 1.90. The molecule has 0 amide bonds. The summed E-state index contributed by atoms with van der Waals surface area (Å²) in [6, 6.07) is 3.44. The molecule has 2 N–H and O–H groups in total. The molecule has 0 spiro atoms. The molecular formula is C10H7F2N3. The van der Waals surface area contributed by atoms with Crippen molar-refractivity contribution in [3.8, 4) is 11.4 Å². The van der Waals surface area contributed by atoms with Crippen LogP contribution in [-0.2, 0) is 0 Å². The van der Waals surface area contributed by atoms with Crippen molar-refractivity contribution in [1.29, 1.82) is 0 Å². The Morgan fingerprint density at radius 1 is 1.07 bits per heavy atom. The van der Waals surface area contributed by atoms with Crippen LogP contribution in [0.1, 0.15) is 0 Å². The molecule has 0 unspecified atom stereocenters. The van der Waals surface area contributed by atoms with Crippen LogP contribution in [0.15, 0.2) is 30.6 Å². The summed E-state index contributed by atoms with van der Waals surface area (Å²) < 4.78 is 26.0. The van der Waals surface area contributed by atoms with Crippen LogP contribution in [0, 0.1) is 11.6 Å². The molecule has 0 atom stereocenters. The number of aromatic nitrogens is 2. The molecule has 0 saturated carbocycles. The SMILES string of the molecule is Nc1c(F)cc(F)cc1-c1ncccn1. The molecule has 1 aromatic carbocycles. The maximum absolute atomic E-state index is 13.1. The lowest BCUT2D eigenvalue weighted by molar-refractivity contribution is 0.587. The van der Waals surface area contributed by atoms with E-state index >= 15 is 0 Å². The van der Waals surface area contributed by atoms with Crippen molar-refractivity contribution >= 4 is 5.69 Å². The summed E-state index contributed by atoms with van der Waals surface area (Å²) in [7, 11) is 0. The Bertz CT molecular complexity index is 486. The second-order valence-electron chi connectivity index (χ2n) is 2.92. The van der Waals surface area contributed by atoms with Gasteiger partial charge < -0.3 is 5.73 Å². The van der Waals surface area contributed by atoms with Gasteiger partial charge in [-0.15, -0.1) is 0 Å². The highest BCUT2D eigenvalue weighted by Gasteiger charge is 2.11. The molecule has 2 rings (SSSR count). The predicted molar refractivity (Wildman–Crippen MR) is 51.8 cm³/mol. The zero-order valence-corrected chi connectivity index (χ0v) is 7.61. The molecule has 0 fully saturated rings. The second-order valence-corrected chi connectivity index (χ2v) is 2.92. The van der Waals surface area contributed by atoms with E-state index in [4.69, 9.17) is 5.73 Å². The first kappa shape index (κ1) is 9.51. The first-order chi connectivity index (χ1) is 7.18. The number of nitrogens with zero attached hydrogens (tertiary/aromatic N) is 2. The fraction of sp³-hybridized carbons (Fsp3) is 0. The van der Waals surface area contributed by atoms with Gasteiger partial charge in [-0.1, -0.05) is 0 Å². The first-order valence-electron chi connectivity index (χ1n) is 4.20. The highest BCUT2D eigenvalue weighted by molar-refractivity contribution is 5.71. The van der Waals surface area contributed by atoms with Crippen LogP contribution in [0.5, 0.6) is 0 Å². The van der Waals surface area contributed by atoms with Gasteiger partial charge in [0.2, 0.25) is 0 Å². The average molecular weight is 207 g/mol. The minimum absolute atomic E-state index is 0.150. The second kappa shape index (κ2) is 3.61. The minimum Gasteiger partial charge on any atom is -0.396 e. The molecule has 0 radical (unpaired) electrons. The van der Waals surface area contributed by atoms with Crippen LogP contribution in [0.25, 0.3) is 11.4 Å². The Labute approximate surface area is 84.6 Å². The van der Waals surface area contributed by atoms with E-state index in [0.717, 1.165) is 12.1 Å². The van der Waals surface area contributed by atoms with Gasteiger partial charge in [-0.05, 0) is 12.1 Å². The van der Waals surface area contributed by atoms with Crippen molar-refractivity contribution in [1.82, 2.24) is 9.97 Å². The number of rotatable bonds is 1. The lowest BCUT2D eigenvalue weighted by Gasteiger charge is -2.04. The van der Waals surface area contributed by atoms with Crippen LogP contribution in [0.4, 0.5) is 14.5 Å². The summed E-state index contributed by atoms with van der Waals surface area (Å²) in [4.78, 5) is 7.74. The normalized spacial score (nSPS) is 10.3. The monoisotopic (exact) mass is 207 g/mol. The fourth-order valence-electron chi connectivity index (χ4n) is 1.21. The van der Waals surface area contributed by atoms with E-state index in [1.165, 1.54) is 12.4 Å². The minimum atomic E-state index is -0.808. The average Bonchev–Trinajstić information content (AvgIpc) is 2.24. The van der Waals surface area contributed by atoms with Gasteiger partial charge in [0.25, 0.3) is 0 Å². The molecule has 2 aromatic rings. The van der Waals surface area contributed by atoms with Crippen LogP contribution in [-0.4, -0.2) is 9.97 Å². The molecule has 0 bridgehead atoms. The van der Waals surface area contributed by atoms with Crippen LogP contribution in [0.2, 0.25) is 0 Å². The number of nitrogens with two attached hydrogens (primary N) is 1. The Balaban J connectivity index is 2.63. The summed E-state index contributed by atoms with van der Waals surface area (Å²) in [5, 5.41) is 0. The van der Waals surface area contributed by atoms with Gasteiger partial charge in [0.05, 0.1) is 5.69 Å². The van der Waals surface area contributed by atoms with E-state index in [1.54, 1.807) is 6.07 Å². The van der Waals surface area contributed by atoms with Gasteiger partial charge in [-0.2, -0.15) is 0 Å². The number of hydrogen-bond donors (Lipinski definition) is 1. The quantitative estimate of drug-likeness (QED) is 0.727. The van der Waals surface area contributed by atoms with E-state index in [9.17, 15) is 8.78 Å². The van der Waals surface area contributed by atoms with E-state index in [0.29, 0.717) is 0 Å². The molecular weight excluding hydrogens is 200 g/mol. The smallest absolute Gasteiger partial charge is 0.161 e. The van der Waals surface area contributed by atoms with Crippen LogP contribution >= 0.6 is 0 Å². The Kier molecular flexibility index (Phi) is 2.29. The molecule has 5 heteroatoms. The third-order valence-corrected chi connectivity index (χ3v) is 1.90. The Morgan fingerprint density at radius 2 is 1.73 bits per heavy atom. The van der Waals surface area contributed by atoms with Crippen molar-refractivity contribution < 1.29 is 8.78 Å². The van der Waals surface area contributed by atoms with E-state index in [-0.39, 0.29) is 17.1 Å². The molecule has 0 aliphatic heterocycles. The van der Waals surface area contributed by atoms with Gasteiger partial charge >= 0.3 is 0 Å². The van der Waals surface area contributed by atoms with Gasteiger partial charge in [-0.3, -0.25) is 0 Å². The summed E-state index contributed by atoms with van der Waals surface area (Å²) in [6.45, 7) is 0. The predicted octanol–water partition coefficient (Wildman–Crippen LogP) is 2.00. The van der Waals surface area contributed by atoms with E-state index in [1.807, 2.05) is 0 Å². The van der Waals surface area contributed by atoms with Crippen molar-refractivity contribution in [3.05, 3.63) is 42.2 Å². The molecule has 0 aliphatic carbocycles. The van der Waals surface area contributed by atoms with Gasteiger partial charge in [-0.25, -0.2) is 18.7 Å². The largest absolute Gasteiger partial charge is 0.396 e. The summed E-state index contributed by atoms with van der Waals surface area (Å²) in [5.41, 5.74) is 5.47. The number of halogens is 2. The van der Waals surface area contributed by atoms with E-state index < -0.39 is 11.6 Å². The van der Waals surface area contributed by atoms with Crippen LogP contribution in [0.3, 0.4) is 0 Å². The molecule has 3 nitrogen and oxygen atoms in total. The van der Waals surface area contributed by atoms with Crippen molar-refractivity contribution in [2.24, 2.45) is 0 Å². The summed E-state index contributed by atoms with van der Waals surface area (Å²) in [6.07, 6.45) is 2.95. The Morgan fingerprint density at radius 3 is 2.40 bits per heavy atom. The van der Waals surface area contributed by atoms with Crippen molar-refractivity contribution in [2.45, 2.75) is 0 Å². The van der Waals surface area contributed by atoms with Gasteiger partial charge in [0.1, 0.15) is 11.6 Å². The molecule has 1 aromatic heterocycles. The number of hydrogen-bond acceptors (Lipinski definition) is 3. The molecule has 0 aliphatic rings. The van der Waals surface area contributed by atoms with Gasteiger partial charge in [0.15, 0.2) is 5.82 Å². The fourth-order valence-corrected chi connectivity index (χ4v) is 1.21. The first-order valence-corrected chi connectivity index (χ1v) is 4.20. The highest BCUT2D eigenvalue weighted by atomic mass is 19.1. The van der Waals surface area contributed by atoms with Crippen molar-refractivity contribution in [2.75, 3.05) is 5.73 Å². The van der Waals surface area contributed by atoms with Crippen molar-refractivity contribution in [3.63, 3.8) is 0 Å². The van der Waals surface area contributed by atoms with Gasteiger partial charge in [0, 0.05) is 24.0 Å². The molecule has 76 valence electrons. The Hall–Kier alpha value is -2.04. The highest BCUT2D eigenvalue weighted by Crippen LogP contribution is 2.25. The topological polar surface area (TPSA) is 51.8 Å². The number of nitrogen functional groups attached to an aromatic ring is 1. The van der Waals surface area contributed by atoms with Crippen LogP contribution < -0.4 is 5.73 Å². The number of anilines is 1. The van der Waals surface area contributed by atoms with E-state index in [2.05, 4.69) is 9.97 Å². The number of benzene rings is 1. The lowest BCUT2D eigenvalue weighted by atomic mass is 10.1.